The van der Waals surface area contributed by atoms with Gasteiger partial charge in [-0.05, 0) is 71.6 Å². The molecule has 27 heavy (non-hydrogen) atoms. The third-order valence-electron chi connectivity index (χ3n) is 5.88. The first kappa shape index (κ1) is 16.3. The van der Waals surface area contributed by atoms with Gasteiger partial charge >= 0.3 is 0 Å². The van der Waals surface area contributed by atoms with E-state index in [1.807, 2.05) is 0 Å². The number of terminal acetylenes is 1. The molecule has 6 bridgehead atoms. The zero-order chi connectivity index (χ0) is 18.2. The molecular weight excluding hydrogens is 334 g/mol. The van der Waals surface area contributed by atoms with E-state index in [-0.39, 0.29) is 6.10 Å². The Labute approximate surface area is 158 Å². The van der Waals surface area contributed by atoms with Crippen molar-refractivity contribution < 1.29 is 4.74 Å². The molecule has 9 rings (SSSR count). The molecular formula is C23H21N3O. The number of hydrogen-bond donors (Lipinski definition) is 0. The van der Waals surface area contributed by atoms with Crippen LogP contribution in [0.1, 0.15) is 18.4 Å². The lowest BCUT2D eigenvalue weighted by Gasteiger charge is -2.44. The third kappa shape index (κ3) is 3.05. The van der Waals surface area contributed by atoms with Gasteiger partial charge in [-0.15, -0.1) is 11.5 Å². The van der Waals surface area contributed by atoms with Crippen LogP contribution in [0.5, 0.6) is 5.88 Å². The molecule has 3 aliphatic rings. The van der Waals surface area contributed by atoms with Crippen LogP contribution in [0.3, 0.4) is 0 Å². The first-order valence-electron chi connectivity index (χ1n) is 9.52. The number of fused-ring (bicyclic) bond motifs is 5. The van der Waals surface area contributed by atoms with E-state index in [4.69, 9.17) is 11.2 Å². The SMILES string of the molecule is C#Cc1ccnnc1OC1CN2CCC1CC2.c1cc2cc3ccc2cc13. The van der Waals surface area contributed by atoms with Gasteiger partial charge in [-0.1, -0.05) is 30.2 Å². The van der Waals surface area contributed by atoms with Crippen LogP contribution in [0.2, 0.25) is 0 Å². The second-order valence-corrected chi connectivity index (χ2v) is 7.47. The molecule has 4 nitrogen and oxygen atoms in total. The summed E-state index contributed by atoms with van der Waals surface area (Å²) in [5, 5.41) is 13.3. The van der Waals surface area contributed by atoms with Crippen molar-refractivity contribution in [3.63, 3.8) is 0 Å². The second-order valence-electron chi connectivity index (χ2n) is 7.47. The Balaban J connectivity index is 0.000000135. The number of nitrogens with zero attached hydrogens (tertiary/aromatic N) is 3. The van der Waals surface area contributed by atoms with Crippen LogP contribution in [0.15, 0.2) is 48.7 Å². The van der Waals surface area contributed by atoms with Crippen molar-refractivity contribution in [3.05, 3.63) is 54.2 Å². The average molecular weight is 355 g/mol. The van der Waals surface area contributed by atoms with Gasteiger partial charge in [-0.2, -0.15) is 5.10 Å². The Bertz CT molecular complexity index is 994. The first-order valence-corrected chi connectivity index (χ1v) is 9.52. The zero-order valence-electron chi connectivity index (χ0n) is 15.1. The van der Waals surface area contributed by atoms with Gasteiger partial charge < -0.3 is 4.74 Å². The van der Waals surface area contributed by atoms with Crippen LogP contribution >= 0.6 is 0 Å². The summed E-state index contributed by atoms with van der Waals surface area (Å²) in [4.78, 5) is 2.44. The maximum atomic E-state index is 5.95. The van der Waals surface area contributed by atoms with Crippen molar-refractivity contribution >= 4 is 21.5 Å². The predicted molar refractivity (Wildman–Crippen MR) is 107 cm³/mol. The van der Waals surface area contributed by atoms with Gasteiger partial charge in [0.1, 0.15) is 6.10 Å². The average Bonchev–Trinajstić information content (AvgIpc) is 2.76. The predicted octanol–water partition coefficient (Wildman–Crippen LogP) is 3.80. The van der Waals surface area contributed by atoms with Crippen molar-refractivity contribution in [2.24, 2.45) is 5.92 Å². The largest absolute Gasteiger partial charge is 0.471 e. The summed E-state index contributed by atoms with van der Waals surface area (Å²) in [6.07, 6.45) is 9.68. The van der Waals surface area contributed by atoms with Crippen molar-refractivity contribution in [2.45, 2.75) is 18.9 Å². The van der Waals surface area contributed by atoms with Gasteiger partial charge in [0.05, 0.1) is 11.8 Å². The van der Waals surface area contributed by atoms with Crippen LogP contribution in [0.25, 0.3) is 21.5 Å². The monoisotopic (exact) mass is 355 g/mol. The standard InChI is InChI=1S/C13H15N3O.C10H6/c1-2-10-3-6-14-15-13(10)17-12-9-16-7-4-11(12)5-8-16;1-2-8-6-9-3-4-10(8)5-7(1)9/h1,3,6,11-12H,4-5,7-9H2;1-6H. The van der Waals surface area contributed by atoms with Crippen LogP contribution < -0.4 is 4.74 Å². The van der Waals surface area contributed by atoms with Gasteiger partial charge in [0, 0.05) is 6.54 Å². The minimum Gasteiger partial charge on any atom is -0.471 e. The summed E-state index contributed by atoms with van der Waals surface area (Å²) in [5.74, 6) is 3.74. The lowest BCUT2D eigenvalue weighted by molar-refractivity contribution is -0.0105. The topological polar surface area (TPSA) is 38.3 Å². The molecule has 1 atom stereocenters. The quantitative estimate of drug-likeness (QED) is 0.513. The molecule has 0 amide bonds. The Morgan fingerprint density at radius 1 is 0.963 bits per heavy atom. The van der Waals surface area contributed by atoms with Crippen LogP contribution in [0.4, 0.5) is 0 Å². The van der Waals surface area contributed by atoms with Gasteiger partial charge in [-0.25, -0.2) is 0 Å². The summed E-state index contributed by atoms with van der Waals surface area (Å²) in [6, 6.07) is 15.0. The molecule has 3 saturated heterocycles. The van der Waals surface area contributed by atoms with Crippen LogP contribution in [-0.4, -0.2) is 40.8 Å². The highest BCUT2D eigenvalue weighted by molar-refractivity contribution is 6.03. The Morgan fingerprint density at radius 2 is 1.59 bits per heavy atom. The molecule has 0 radical (unpaired) electrons. The molecule has 5 aromatic carbocycles. The molecule has 0 saturated carbocycles. The van der Waals surface area contributed by atoms with E-state index in [0.29, 0.717) is 17.4 Å². The summed E-state index contributed by atoms with van der Waals surface area (Å²) in [7, 11) is 0. The lowest BCUT2D eigenvalue weighted by atomic mass is 9.86. The zero-order valence-corrected chi connectivity index (χ0v) is 15.1. The molecule has 4 heteroatoms. The Morgan fingerprint density at radius 3 is 2.07 bits per heavy atom. The minimum atomic E-state index is 0.223. The number of aromatic nitrogens is 2. The van der Waals surface area contributed by atoms with E-state index in [9.17, 15) is 0 Å². The molecule has 1 unspecified atom stereocenters. The summed E-state index contributed by atoms with van der Waals surface area (Å²) < 4.78 is 5.95. The normalized spacial score (nSPS) is 23.9. The highest BCUT2D eigenvalue weighted by Gasteiger charge is 2.36. The van der Waals surface area contributed by atoms with E-state index in [1.165, 1.54) is 47.5 Å². The molecule has 0 N–H and O–H groups in total. The maximum absolute atomic E-state index is 5.95. The fourth-order valence-corrected chi connectivity index (χ4v) is 4.31. The summed E-state index contributed by atoms with van der Waals surface area (Å²) in [5.41, 5.74) is 0.691. The number of hydrogen-bond acceptors (Lipinski definition) is 4. The lowest BCUT2D eigenvalue weighted by Crippen LogP contribution is -2.52. The van der Waals surface area contributed by atoms with Gasteiger partial charge in [0.25, 0.3) is 0 Å². The number of piperidine rings is 3. The van der Waals surface area contributed by atoms with E-state index in [0.717, 1.165) is 6.54 Å². The van der Waals surface area contributed by atoms with E-state index in [1.54, 1.807) is 12.3 Å². The first-order chi connectivity index (χ1) is 13.3. The van der Waals surface area contributed by atoms with Crippen LogP contribution in [0, 0.1) is 18.3 Å². The van der Waals surface area contributed by atoms with E-state index < -0.39 is 0 Å². The van der Waals surface area contributed by atoms with Crippen molar-refractivity contribution in [1.82, 2.24) is 15.1 Å². The molecule has 134 valence electrons. The fraction of sp³-hybridized carbons (Fsp3) is 0.304. The molecule has 0 aliphatic carbocycles. The maximum Gasteiger partial charge on any atom is 0.249 e. The highest BCUT2D eigenvalue weighted by Crippen LogP contribution is 2.30. The molecule has 0 spiro atoms. The number of ether oxygens (including phenoxy) is 1. The van der Waals surface area contributed by atoms with E-state index >= 15 is 0 Å². The number of benzene rings is 5. The van der Waals surface area contributed by atoms with Gasteiger partial charge in [0.15, 0.2) is 0 Å². The highest BCUT2D eigenvalue weighted by atomic mass is 16.5. The second kappa shape index (κ2) is 6.68. The van der Waals surface area contributed by atoms with Crippen LogP contribution in [-0.2, 0) is 0 Å². The van der Waals surface area contributed by atoms with Crippen molar-refractivity contribution in [3.8, 4) is 18.2 Å². The smallest absolute Gasteiger partial charge is 0.249 e. The van der Waals surface area contributed by atoms with E-state index in [2.05, 4.69) is 57.4 Å². The minimum absolute atomic E-state index is 0.223. The molecule has 4 heterocycles. The van der Waals surface area contributed by atoms with Crippen molar-refractivity contribution in [1.29, 1.82) is 0 Å². The molecule has 6 aromatic rings. The number of rotatable bonds is 2. The summed E-state index contributed by atoms with van der Waals surface area (Å²) in [6.45, 7) is 3.39. The Kier molecular flexibility index (Phi) is 4.03. The summed E-state index contributed by atoms with van der Waals surface area (Å²) >= 11 is 0. The Hall–Kier alpha value is -2.90. The van der Waals surface area contributed by atoms with Crippen molar-refractivity contribution in [2.75, 3.05) is 19.6 Å². The molecule has 1 aromatic heterocycles. The molecule has 3 aliphatic heterocycles. The van der Waals surface area contributed by atoms with Gasteiger partial charge in [-0.3, -0.25) is 4.90 Å². The molecule has 3 fully saturated rings. The fourth-order valence-electron chi connectivity index (χ4n) is 4.31. The van der Waals surface area contributed by atoms with Gasteiger partial charge in [0.2, 0.25) is 5.88 Å². The third-order valence-corrected chi connectivity index (χ3v) is 5.88.